The van der Waals surface area contributed by atoms with E-state index in [0.29, 0.717) is 0 Å². The van der Waals surface area contributed by atoms with Crippen molar-refractivity contribution in [2.75, 3.05) is 0 Å². The van der Waals surface area contributed by atoms with Crippen LogP contribution in [0.25, 0.3) is 180 Å². The van der Waals surface area contributed by atoms with E-state index >= 15 is 0 Å². The van der Waals surface area contributed by atoms with E-state index in [1.807, 2.05) is 49.2 Å². The third-order valence-electron chi connectivity index (χ3n) is 18.1. The molecule has 0 N–H and O–H groups in total. The van der Waals surface area contributed by atoms with E-state index in [2.05, 4.69) is 270 Å². The van der Waals surface area contributed by atoms with E-state index in [4.69, 9.17) is 29.3 Å². The van der Waals surface area contributed by atoms with Crippen molar-refractivity contribution < 1.29 is 4.42 Å². The van der Waals surface area contributed by atoms with Crippen LogP contribution in [0.3, 0.4) is 0 Å². The van der Waals surface area contributed by atoms with Crippen molar-refractivity contribution in [2.24, 2.45) is 14.1 Å². The summed E-state index contributed by atoms with van der Waals surface area (Å²) in [5.41, 5.74) is 21.5. The van der Waals surface area contributed by atoms with Gasteiger partial charge in [-0.15, -0.1) is 34.0 Å². The Morgan fingerprint density at radius 3 is 1.12 bits per heavy atom. The molecule has 9 nitrogen and oxygen atoms in total. The summed E-state index contributed by atoms with van der Waals surface area (Å²) in [6.45, 7) is 0. The fourth-order valence-corrected chi connectivity index (χ4v) is 16.2. The van der Waals surface area contributed by atoms with Crippen LogP contribution in [0.15, 0.2) is 296 Å². The van der Waals surface area contributed by atoms with Gasteiger partial charge >= 0.3 is 0 Å². The van der Waals surface area contributed by atoms with Crippen LogP contribution in [0.5, 0.6) is 0 Å². The average Bonchev–Trinajstić information content (AvgIpc) is 1.57. The summed E-state index contributed by atoms with van der Waals surface area (Å²) in [6, 6.07) is 92.8. The van der Waals surface area contributed by atoms with Gasteiger partial charge in [0.1, 0.15) is 37.8 Å². The van der Waals surface area contributed by atoms with Gasteiger partial charge in [-0.25, -0.2) is 24.9 Å². The van der Waals surface area contributed by atoms with E-state index in [1.165, 1.54) is 0 Å². The molecule has 18 rings (SSSR count). The van der Waals surface area contributed by atoms with Gasteiger partial charge in [0.05, 0.1) is 60.6 Å². The van der Waals surface area contributed by atoms with Crippen LogP contribution in [-0.2, 0) is 14.1 Å². The molecule has 0 aliphatic rings. The summed E-state index contributed by atoms with van der Waals surface area (Å²) in [6.07, 6.45) is 9.90. The third kappa shape index (κ3) is 9.93. The molecule has 0 atom stereocenters. The predicted molar refractivity (Wildman–Crippen MR) is 394 cm³/mol. The quantitative estimate of drug-likeness (QED) is 0.114. The molecular weight excluding hydrogens is 1220 g/mol. The molecule has 95 heavy (non-hydrogen) atoms. The van der Waals surface area contributed by atoms with E-state index < -0.39 is 0 Å². The number of hydrogen-bond acceptors (Lipinski definition) is 9. The highest BCUT2D eigenvalue weighted by molar-refractivity contribution is 7.19. The molecule has 0 spiro atoms. The minimum absolute atomic E-state index is 0.748. The predicted octanol–water partition coefficient (Wildman–Crippen LogP) is 22.5. The Kier molecular flexibility index (Phi) is 13.7. The molecule has 12 heteroatoms. The molecule has 450 valence electrons. The number of thiazole rings is 3. The van der Waals surface area contributed by atoms with Crippen molar-refractivity contribution in [3.8, 4) is 136 Å². The van der Waals surface area contributed by atoms with Crippen molar-refractivity contribution in [2.45, 2.75) is 0 Å². The van der Waals surface area contributed by atoms with Crippen molar-refractivity contribution in [3.63, 3.8) is 0 Å². The lowest BCUT2D eigenvalue weighted by Crippen LogP contribution is -1.96. The van der Waals surface area contributed by atoms with Gasteiger partial charge in [-0.3, -0.25) is 0 Å². The van der Waals surface area contributed by atoms with Crippen molar-refractivity contribution in [1.29, 1.82) is 0 Å². The average molecular weight is 1280 g/mol. The standard InChI is InChI=1S/C83H54N8OS3/c1-89-72(51-20-8-3-9-21-51)46-84-79(89)60-32-18-30-56(38-60)58-34-36-70-64(40-58)65-41-59(57-31-19-33-61(39-57)80-85-47-73(90(80)2)52-22-10-4-11-23-52)35-37-71(65)91(70)63-44-67-66-42-62(81-86-48-74(93-81)53-24-12-5-13-25-53)43-68(82-87-49-75(94-82)54-26-14-6-15-27-54)77(66)92-78(67)69(45-63)83-88-50-76(95-83)55-28-16-7-17-29-55/h3-50H,1-2H3. The molecule has 0 bridgehead atoms. The first-order chi connectivity index (χ1) is 46.9. The van der Waals surface area contributed by atoms with E-state index in [9.17, 15) is 0 Å². The first-order valence-corrected chi connectivity index (χ1v) is 33.9. The zero-order valence-electron chi connectivity index (χ0n) is 51.4. The minimum Gasteiger partial charge on any atom is -0.455 e. The number of furan rings is 1. The van der Waals surface area contributed by atoms with Gasteiger partial charge < -0.3 is 18.1 Å². The number of imidazole rings is 2. The lowest BCUT2D eigenvalue weighted by molar-refractivity contribution is 0.671. The van der Waals surface area contributed by atoms with Crippen LogP contribution < -0.4 is 0 Å². The molecule has 0 saturated carbocycles. The van der Waals surface area contributed by atoms with Crippen LogP contribution in [0.1, 0.15) is 0 Å². The largest absolute Gasteiger partial charge is 0.455 e. The highest BCUT2D eigenvalue weighted by Gasteiger charge is 2.26. The van der Waals surface area contributed by atoms with Crippen molar-refractivity contribution >= 4 is 77.8 Å². The number of fused-ring (bicyclic) bond motifs is 6. The van der Waals surface area contributed by atoms with E-state index in [-0.39, 0.29) is 0 Å². The highest BCUT2D eigenvalue weighted by atomic mass is 32.1. The summed E-state index contributed by atoms with van der Waals surface area (Å²) in [5.74, 6) is 1.80. The number of benzene rings is 11. The second-order valence-corrected chi connectivity index (χ2v) is 26.9. The first-order valence-electron chi connectivity index (χ1n) is 31.4. The lowest BCUT2D eigenvalue weighted by atomic mass is 9.98. The van der Waals surface area contributed by atoms with Crippen LogP contribution in [-0.4, -0.2) is 38.6 Å². The Hall–Kier alpha value is -11.7. The molecule has 0 radical (unpaired) electrons. The van der Waals surface area contributed by atoms with Gasteiger partial charge in [0.2, 0.25) is 0 Å². The Balaban J connectivity index is 0.858. The van der Waals surface area contributed by atoms with Gasteiger partial charge in [0.25, 0.3) is 0 Å². The lowest BCUT2D eigenvalue weighted by Gasteiger charge is -2.12. The summed E-state index contributed by atoms with van der Waals surface area (Å²) in [5, 5.41) is 6.75. The molecule has 18 aromatic rings. The maximum absolute atomic E-state index is 7.44. The Morgan fingerprint density at radius 2 is 0.653 bits per heavy atom. The summed E-state index contributed by atoms with van der Waals surface area (Å²) < 4.78 is 14.2. The second-order valence-electron chi connectivity index (χ2n) is 23.8. The molecular formula is C83H54N8OS3. The summed E-state index contributed by atoms with van der Waals surface area (Å²) >= 11 is 5.02. The van der Waals surface area contributed by atoms with Gasteiger partial charge in [0.15, 0.2) is 0 Å². The smallest absolute Gasteiger partial charge is 0.145 e. The molecule has 0 unspecified atom stereocenters. The van der Waals surface area contributed by atoms with Crippen molar-refractivity contribution in [3.05, 3.63) is 292 Å². The van der Waals surface area contributed by atoms with E-state index in [1.54, 1.807) is 34.0 Å². The molecule has 0 aliphatic carbocycles. The van der Waals surface area contributed by atoms with E-state index in [0.717, 1.165) is 180 Å². The van der Waals surface area contributed by atoms with Crippen molar-refractivity contribution in [1.82, 2.24) is 38.6 Å². The van der Waals surface area contributed by atoms with Gasteiger partial charge in [-0.2, -0.15) is 0 Å². The topological polar surface area (TPSA) is 92.4 Å². The molecule has 0 fully saturated rings. The highest BCUT2D eigenvalue weighted by Crippen LogP contribution is 2.49. The van der Waals surface area contributed by atoms with Crippen LogP contribution in [0.2, 0.25) is 0 Å². The minimum atomic E-state index is 0.748. The Bertz CT molecular complexity index is 5750. The molecule has 0 aliphatic heterocycles. The molecule has 0 amide bonds. The molecule has 11 aromatic carbocycles. The van der Waals surface area contributed by atoms with Crippen LogP contribution >= 0.6 is 34.0 Å². The third-order valence-corrected chi connectivity index (χ3v) is 21.4. The van der Waals surface area contributed by atoms with Gasteiger partial charge in [0, 0.05) is 76.6 Å². The molecule has 7 aromatic heterocycles. The Morgan fingerprint density at radius 1 is 0.284 bits per heavy atom. The summed E-state index contributed by atoms with van der Waals surface area (Å²) in [4.78, 5) is 28.8. The number of rotatable bonds is 13. The summed E-state index contributed by atoms with van der Waals surface area (Å²) in [7, 11) is 4.19. The fourth-order valence-electron chi connectivity index (χ4n) is 13.4. The van der Waals surface area contributed by atoms with Crippen LogP contribution in [0.4, 0.5) is 0 Å². The zero-order chi connectivity index (χ0) is 63.1. The number of nitrogens with zero attached hydrogens (tertiary/aromatic N) is 8. The maximum Gasteiger partial charge on any atom is 0.145 e. The Labute approximate surface area is 559 Å². The van der Waals surface area contributed by atoms with Crippen LogP contribution in [0, 0.1) is 0 Å². The monoisotopic (exact) mass is 1270 g/mol. The fraction of sp³-hybridized carbons (Fsp3) is 0.0241. The number of hydrogen-bond donors (Lipinski definition) is 0. The SMILES string of the molecule is Cn1c(-c2ccccc2)cnc1-c1cccc(-c2ccc3c(c2)c2cc(-c4cccc(-c5ncc(-c6ccccc6)n5C)c4)ccc2n3-c2cc(-c3ncc(-c4ccccc4)s3)c3oc4c(-c5ncc(-c6ccccc6)s5)cc(-c5ncc(-c6ccccc6)s5)cc4c3c2)c1. The second kappa shape index (κ2) is 23.2. The maximum atomic E-state index is 7.44. The normalized spacial score (nSPS) is 11.7. The van der Waals surface area contributed by atoms with Gasteiger partial charge in [-0.1, -0.05) is 200 Å². The first kappa shape index (κ1) is 56.1. The molecule has 7 heterocycles. The number of aromatic nitrogens is 8. The molecule has 0 saturated heterocycles. The zero-order valence-corrected chi connectivity index (χ0v) is 53.9. The van der Waals surface area contributed by atoms with Gasteiger partial charge in [-0.05, 0) is 111 Å².